The van der Waals surface area contributed by atoms with Crippen molar-refractivity contribution < 1.29 is 4.79 Å². The van der Waals surface area contributed by atoms with E-state index >= 15 is 0 Å². The molecule has 5 N–H and O–H groups in total. The topological polar surface area (TPSA) is 81.1 Å². The van der Waals surface area contributed by atoms with E-state index in [0.29, 0.717) is 11.3 Å². The minimum absolute atomic E-state index is 0.222. The third-order valence-electron chi connectivity index (χ3n) is 2.86. The Morgan fingerprint density at radius 2 is 2.21 bits per heavy atom. The highest BCUT2D eigenvalue weighted by Gasteiger charge is 2.09. The summed E-state index contributed by atoms with van der Waals surface area (Å²) < 4.78 is 0. The molecule has 0 saturated heterocycles. The van der Waals surface area contributed by atoms with Crippen molar-refractivity contribution >= 4 is 28.6 Å². The summed E-state index contributed by atoms with van der Waals surface area (Å²) in [5.74, 6) is -0.450. The third kappa shape index (κ3) is 3.48. The number of thiophene rings is 1. The van der Waals surface area contributed by atoms with Crippen molar-refractivity contribution in [3.63, 3.8) is 0 Å². The lowest BCUT2D eigenvalue weighted by Crippen LogP contribution is -2.19. The van der Waals surface area contributed by atoms with Gasteiger partial charge in [-0.3, -0.25) is 4.79 Å². The number of anilines is 2. The fraction of sp³-hybridized carbons (Fsp3) is 0.214. The van der Waals surface area contributed by atoms with Gasteiger partial charge in [-0.15, -0.1) is 0 Å². The van der Waals surface area contributed by atoms with E-state index < -0.39 is 5.91 Å². The van der Waals surface area contributed by atoms with Crippen LogP contribution < -0.4 is 16.8 Å². The maximum atomic E-state index is 11.2. The van der Waals surface area contributed by atoms with Gasteiger partial charge in [-0.1, -0.05) is 0 Å². The zero-order valence-electron chi connectivity index (χ0n) is 10.7. The van der Waals surface area contributed by atoms with Crippen LogP contribution in [0.3, 0.4) is 0 Å². The van der Waals surface area contributed by atoms with E-state index in [0.717, 1.165) is 12.1 Å². The summed E-state index contributed by atoms with van der Waals surface area (Å²) in [6, 6.07) is 7.35. The van der Waals surface area contributed by atoms with Crippen LogP contribution >= 0.6 is 11.3 Å². The van der Waals surface area contributed by atoms with Gasteiger partial charge in [0.15, 0.2) is 0 Å². The van der Waals surface area contributed by atoms with Crippen LogP contribution in [-0.4, -0.2) is 11.9 Å². The molecule has 1 amide bonds. The van der Waals surface area contributed by atoms with E-state index in [1.54, 1.807) is 29.5 Å². The summed E-state index contributed by atoms with van der Waals surface area (Å²) in [7, 11) is 0. The van der Waals surface area contributed by atoms with Crippen molar-refractivity contribution in [3.05, 3.63) is 46.2 Å². The van der Waals surface area contributed by atoms with Crippen LogP contribution in [-0.2, 0) is 6.42 Å². The van der Waals surface area contributed by atoms with Gasteiger partial charge >= 0.3 is 0 Å². The largest absolute Gasteiger partial charge is 0.397 e. The molecule has 1 aromatic heterocycles. The number of nitrogens with two attached hydrogens (primary N) is 2. The van der Waals surface area contributed by atoms with Crippen molar-refractivity contribution in [2.75, 3.05) is 11.1 Å². The zero-order valence-corrected chi connectivity index (χ0v) is 11.5. The molecule has 0 fully saturated rings. The molecule has 0 saturated carbocycles. The molecule has 0 spiro atoms. The normalized spacial score (nSPS) is 12.1. The highest BCUT2D eigenvalue weighted by molar-refractivity contribution is 7.07. The van der Waals surface area contributed by atoms with E-state index in [9.17, 15) is 4.79 Å². The second kappa shape index (κ2) is 5.75. The monoisotopic (exact) mass is 275 g/mol. The first-order valence-electron chi connectivity index (χ1n) is 6.03. The first-order valence-corrected chi connectivity index (χ1v) is 6.97. The quantitative estimate of drug-likeness (QED) is 0.733. The fourth-order valence-electron chi connectivity index (χ4n) is 1.91. The maximum Gasteiger partial charge on any atom is 0.248 e. The van der Waals surface area contributed by atoms with Crippen LogP contribution in [0.2, 0.25) is 0 Å². The Hall–Kier alpha value is -2.01. The lowest BCUT2D eigenvalue weighted by Gasteiger charge is -2.17. The Balaban J connectivity index is 2.09. The Morgan fingerprint density at radius 1 is 1.42 bits per heavy atom. The molecule has 0 bridgehead atoms. The molecule has 1 heterocycles. The van der Waals surface area contributed by atoms with E-state index in [1.165, 1.54) is 5.56 Å². The van der Waals surface area contributed by atoms with Gasteiger partial charge < -0.3 is 16.8 Å². The van der Waals surface area contributed by atoms with Crippen molar-refractivity contribution in [1.29, 1.82) is 0 Å². The highest BCUT2D eigenvalue weighted by Crippen LogP contribution is 2.21. The molecule has 100 valence electrons. The van der Waals surface area contributed by atoms with Crippen molar-refractivity contribution in [3.8, 4) is 0 Å². The van der Waals surface area contributed by atoms with Gasteiger partial charge in [-0.2, -0.15) is 11.3 Å². The first-order chi connectivity index (χ1) is 9.06. The number of benzene rings is 1. The fourth-order valence-corrected chi connectivity index (χ4v) is 2.59. The molecule has 0 radical (unpaired) electrons. The maximum absolute atomic E-state index is 11.2. The second-order valence-electron chi connectivity index (χ2n) is 4.55. The van der Waals surface area contributed by atoms with Gasteiger partial charge in [-0.25, -0.2) is 0 Å². The summed E-state index contributed by atoms with van der Waals surface area (Å²) in [5, 5.41) is 7.50. The summed E-state index contributed by atoms with van der Waals surface area (Å²) in [6.45, 7) is 2.08. The van der Waals surface area contributed by atoms with E-state index in [1.807, 2.05) is 0 Å². The number of rotatable bonds is 5. The van der Waals surface area contributed by atoms with Crippen LogP contribution in [0.15, 0.2) is 35.0 Å². The number of nitrogen functional groups attached to an aromatic ring is 1. The number of hydrogen-bond donors (Lipinski definition) is 3. The molecule has 4 nitrogen and oxygen atoms in total. The second-order valence-corrected chi connectivity index (χ2v) is 5.33. The summed E-state index contributed by atoms with van der Waals surface area (Å²) in [4.78, 5) is 11.2. The number of amides is 1. The molecule has 19 heavy (non-hydrogen) atoms. The number of carbonyl (C=O) groups is 1. The molecule has 0 aliphatic heterocycles. The number of hydrogen-bond acceptors (Lipinski definition) is 4. The lowest BCUT2D eigenvalue weighted by molar-refractivity contribution is 0.100. The first kappa shape index (κ1) is 13.4. The summed E-state index contributed by atoms with van der Waals surface area (Å²) >= 11 is 1.68. The van der Waals surface area contributed by atoms with Crippen LogP contribution in [0.5, 0.6) is 0 Å². The molecule has 1 aromatic carbocycles. The average molecular weight is 275 g/mol. The molecule has 0 aliphatic carbocycles. The van der Waals surface area contributed by atoms with Crippen molar-refractivity contribution in [1.82, 2.24) is 0 Å². The van der Waals surface area contributed by atoms with Crippen LogP contribution in [0.1, 0.15) is 22.8 Å². The third-order valence-corrected chi connectivity index (χ3v) is 3.59. The Labute approximate surface area is 116 Å². The SMILES string of the molecule is CC(Cc1ccsc1)Nc1cc(C(N)=O)ccc1N. The van der Waals surface area contributed by atoms with Gasteiger partial charge in [0.25, 0.3) is 0 Å². The number of primary amides is 1. The summed E-state index contributed by atoms with van der Waals surface area (Å²) in [5.41, 5.74) is 14.3. The van der Waals surface area contributed by atoms with E-state index in [4.69, 9.17) is 11.5 Å². The lowest BCUT2D eigenvalue weighted by atomic mass is 10.1. The summed E-state index contributed by atoms with van der Waals surface area (Å²) in [6.07, 6.45) is 0.906. The molecular formula is C14H17N3OS. The van der Waals surface area contributed by atoms with Gasteiger partial charge in [-0.05, 0) is 53.9 Å². The zero-order chi connectivity index (χ0) is 13.8. The van der Waals surface area contributed by atoms with Gasteiger partial charge in [0.05, 0.1) is 11.4 Å². The van der Waals surface area contributed by atoms with Gasteiger partial charge in [0.1, 0.15) is 0 Å². The van der Waals surface area contributed by atoms with Crippen molar-refractivity contribution in [2.24, 2.45) is 5.73 Å². The standard InChI is InChI=1S/C14H17N3OS/c1-9(6-10-4-5-19-8-10)17-13-7-11(14(16)18)2-3-12(13)15/h2-5,7-9,17H,6,15H2,1H3,(H2,16,18). The Bertz CT molecular complexity index is 566. The molecule has 0 aliphatic rings. The van der Waals surface area contributed by atoms with Gasteiger partial charge in [0.2, 0.25) is 5.91 Å². The average Bonchev–Trinajstić information content (AvgIpc) is 2.84. The molecule has 1 unspecified atom stereocenters. The predicted molar refractivity (Wildman–Crippen MR) is 80.5 cm³/mol. The molecular weight excluding hydrogens is 258 g/mol. The van der Waals surface area contributed by atoms with E-state index in [-0.39, 0.29) is 6.04 Å². The molecule has 2 aromatic rings. The van der Waals surface area contributed by atoms with Crippen LogP contribution in [0, 0.1) is 0 Å². The van der Waals surface area contributed by atoms with Crippen molar-refractivity contribution in [2.45, 2.75) is 19.4 Å². The Kier molecular flexibility index (Phi) is 4.06. The minimum atomic E-state index is -0.450. The Morgan fingerprint density at radius 3 is 2.84 bits per heavy atom. The molecule has 5 heteroatoms. The predicted octanol–water partition coefficient (Wildman–Crippen LogP) is 2.47. The highest BCUT2D eigenvalue weighted by atomic mass is 32.1. The van der Waals surface area contributed by atoms with Gasteiger partial charge in [0, 0.05) is 11.6 Å². The van der Waals surface area contributed by atoms with Crippen LogP contribution in [0.4, 0.5) is 11.4 Å². The number of carbonyl (C=O) groups excluding carboxylic acids is 1. The van der Waals surface area contributed by atoms with E-state index in [2.05, 4.69) is 29.1 Å². The molecule has 1 atom stereocenters. The van der Waals surface area contributed by atoms with Crippen LogP contribution in [0.25, 0.3) is 0 Å². The minimum Gasteiger partial charge on any atom is -0.397 e. The number of nitrogens with one attached hydrogen (secondary N) is 1. The molecule has 2 rings (SSSR count). The smallest absolute Gasteiger partial charge is 0.248 e.